The van der Waals surface area contributed by atoms with Crippen molar-refractivity contribution >= 4 is 28.8 Å². The van der Waals surface area contributed by atoms with E-state index in [2.05, 4.69) is 56.7 Å². The van der Waals surface area contributed by atoms with Gasteiger partial charge in [0.25, 0.3) is 5.91 Å². The third-order valence-corrected chi connectivity index (χ3v) is 4.77. The summed E-state index contributed by atoms with van der Waals surface area (Å²) in [5, 5.41) is 6.03. The molecule has 0 atom stereocenters. The van der Waals surface area contributed by atoms with E-state index in [1.54, 1.807) is 24.4 Å². The van der Waals surface area contributed by atoms with Gasteiger partial charge in [-0.05, 0) is 55.6 Å². The van der Waals surface area contributed by atoms with Crippen molar-refractivity contribution in [3.63, 3.8) is 0 Å². The number of nitrogens with one attached hydrogen (secondary N) is 2. The number of rotatable bonds is 5. The van der Waals surface area contributed by atoms with Gasteiger partial charge >= 0.3 is 0 Å². The number of hydrogen-bond acceptors (Lipinski definition) is 6. The largest absolute Gasteiger partial charge is 0.459 e. The summed E-state index contributed by atoms with van der Waals surface area (Å²) >= 11 is 0. The molecule has 4 rings (SSSR count). The molecule has 2 aromatic heterocycles. The summed E-state index contributed by atoms with van der Waals surface area (Å²) in [4.78, 5) is 21.1. The van der Waals surface area contributed by atoms with Crippen molar-refractivity contribution in [2.24, 2.45) is 0 Å². The number of carbonyl (C=O) groups excluding carboxylic acids is 1. The number of aromatic nitrogens is 1. The Morgan fingerprint density at radius 3 is 2.39 bits per heavy atom. The topological polar surface area (TPSA) is 73.6 Å². The molecule has 0 saturated carbocycles. The van der Waals surface area contributed by atoms with Crippen LogP contribution >= 0.6 is 0 Å². The minimum absolute atomic E-state index is 0.266. The monoisotopic (exact) mass is 377 g/mol. The van der Waals surface area contributed by atoms with Crippen LogP contribution in [0.15, 0.2) is 65.4 Å². The lowest BCUT2D eigenvalue weighted by Crippen LogP contribution is -2.44. The number of nitrogens with zero attached hydrogens (tertiary/aromatic N) is 3. The van der Waals surface area contributed by atoms with Crippen LogP contribution in [0, 0.1) is 0 Å². The third-order valence-electron chi connectivity index (χ3n) is 4.77. The van der Waals surface area contributed by atoms with Crippen molar-refractivity contribution in [3.8, 4) is 0 Å². The van der Waals surface area contributed by atoms with E-state index >= 15 is 0 Å². The van der Waals surface area contributed by atoms with Gasteiger partial charge < -0.3 is 24.9 Å². The van der Waals surface area contributed by atoms with Crippen molar-refractivity contribution in [2.75, 3.05) is 48.8 Å². The van der Waals surface area contributed by atoms with Crippen LogP contribution in [0.4, 0.5) is 22.9 Å². The first-order valence-corrected chi connectivity index (χ1v) is 9.29. The van der Waals surface area contributed by atoms with Crippen LogP contribution in [0.1, 0.15) is 10.6 Å². The number of benzene rings is 1. The van der Waals surface area contributed by atoms with Crippen LogP contribution in [-0.2, 0) is 0 Å². The number of carbonyl (C=O) groups is 1. The molecule has 0 spiro atoms. The highest BCUT2D eigenvalue weighted by molar-refractivity contribution is 6.02. The number of amides is 1. The lowest BCUT2D eigenvalue weighted by Gasteiger charge is -2.34. The van der Waals surface area contributed by atoms with E-state index in [1.807, 2.05) is 6.07 Å². The molecule has 0 aliphatic carbocycles. The number of piperazine rings is 1. The van der Waals surface area contributed by atoms with Crippen molar-refractivity contribution < 1.29 is 9.21 Å². The molecule has 1 saturated heterocycles. The first kappa shape index (κ1) is 18.1. The molecule has 3 heterocycles. The Hall–Kier alpha value is -3.32. The van der Waals surface area contributed by atoms with Gasteiger partial charge in [-0.2, -0.15) is 0 Å². The summed E-state index contributed by atoms with van der Waals surface area (Å²) < 4.78 is 5.08. The molecule has 1 amide bonds. The first-order valence-electron chi connectivity index (χ1n) is 9.29. The molecule has 1 aliphatic heterocycles. The Morgan fingerprint density at radius 2 is 1.75 bits per heavy atom. The standard InChI is InChI=1S/C21H23N5O2/c1-25-10-12-26(13-11-25)18-7-4-16(5-8-18)23-20-9-6-17(15-22-20)24-21(27)19-3-2-14-28-19/h2-9,14-15H,10-13H2,1H3,(H,22,23)(H,24,27). The average Bonchev–Trinajstić information content (AvgIpc) is 3.26. The zero-order chi connectivity index (χ0) is 19.3. The minimum atomic E-state index is -0.299. The number of likely N-dealkylation sites (N-methyl/N-ethyl adjacent to an activating group) is 1. The molecule has 1 aromatic carbocycles. The van der Waals surface area contributed by atoms with Gasteiger partial charge in [-0.3, -0.25) is 4.79 Å². The summed E-state index contributed by atoms with van der Waals surface area (Å²) in [6.45, 7) is 4.28. The number of pyridine rings is 1. The highest BCUT2D eigenvalue weighted by atomic mass is 16.3. The van der Waals surface area contributed by atoms with Crippen LogP contribution in [0.2, 0.25) is 0 Å². The second kappa shape index (κ2) is 8.14. The SMILES string of the molecule is CN1CCN(c2ccc(Nc3ccc(NC(=O)c4ccco4)cn3)cc2)CC1. The van der Waals surface area contributed by atoms with E-state index in [-0.39, 0.29) is 11.7 Å². The fourth-order valence-electron chi connectivity index (χ4n) is 3.11. The number of anilines is 4. The fraction of sp³-hybridized carbons (Fsp3) is 0.238. The average molecular weight is 377 g/mol. The Kier molecular flexibility index (Phi) is 5.25. The maximum atomic E-state index is 12.0. The van der Waals surface area contributed by atoms with Gasteiger partial charge in [0.1, 0.15) is 5.82 Å². The summed E-state index contributed by atoms with van der Waals surface area (Å²) in [5.74, 6) is 0.679. The Morgan fingerprint density at radius 1 is 1.00 bits per heavy atom. The normalized spacial score (nSPS) is 14.7. The molecular formula is C21H23N5O2. The maximum Gasteiger partial charge on any atom is 0.291 e. The van der Waals surface area contributed by atoms with Crippen molar-refractivity contribution in [2.45, 2.75) is 0 Å². The molecule has 0 bridgehead atoms. The zero-order valence-electron chi connectivity index (χ0n) is 15.8. The van der Waals surface area contributed by atoms with Crippen LogP contribution in [0.3, 0.4) is 0 Å². The minimum Gasteiger partial charge on any atom is -0.459 e. The summed E-state index contributed by atoms with van der Waals surface area (Å²) in [7, 11) is 2.16. The molecule has 3 aromatic rings. The lowest BCUT2D eigenvalue weighted by molar-refractivity contribution is 0.0996. The van der Waals surface area contributed by atoms with E-state index < -0.39 is 0 Å². The second-order valence-electron chi connectivity index (χ2n) is 6.83. The zero-order valence-corrected chi connectivity index (χ0v) is 15.8. The Labute approximate surface area is 164 Å². The quantitative estimate of drug-likeness (QED) is 0.710. The molecule has 7 heteroatoms. The molecule has 144 valence electrons. The third kappa shape index (κ3) is 4.32. The van der Waals surface area contributed by atoms with Crippen molar-refractivity contribution in [1.82, 2.24) is 9.88 Å². The van der Waals surface area contributed by atoms with Gasteiger partial charge in [-0.1, -0.05) is 0 Å². The Bertz CT molecular complexity index is 899. The highest BCUT2D eigenvalue weighted by Gasteiger charge is 2.14. The summed E-state index contributed by atoms with van der Waals surface area (Å²) in [6, 6.07) is 15.3. The van der Waals surface area contributed by atoms with Crippen LogP contribution < -0.4 is 15.5 Å². The van der Waals surface area contributed by atoms with E-state index in [1.165, 1.54) is 12.0 Å². The summed E-state index contributed by atoms with van der Waals surface area (Å²) in [6.07, 6.45) is 3.08. The molecular weight excluding hydrogens is 354 g/mol. The van der Waals surface area contributed by atoms with Gasteiger partial charge in [-0.15, -0.1) is 0 Å². The predicted octanol–water partition coefficient (Wildman–Crippen LogP) is 3.42. The Balaban J connectivity index is 1.34. The fourth-order valence-corrected chi connectivity index (χ4v) is 3.11. The number of furan rings is 1. The van der Waals surface area contributed by atoms with Crippen molar-refractivity contribution in [1.29, 1.82) is 0 Å². The predicted molar refractivity (Wildman–Crippen MR) is 110 cm³/mol. The van der Waals surface area contributed by atoms with Crippen LogP contribution in [0.5, 0.6) is 0 Å². The summed E-state index contributed by atoms with van der Waals surface area (Å²) in [5.41, 5.74) is 2.82. The van der Waals surface area contributed by atoms with E-state index in [0.29, 0.717) is 11.5 Å². The van der Waals surface area contributed by atoms with Gasteiger partial charge in [-0.25, -0.2) is 4.98 Å². The molecule has 0 radical (unpaired) electrons. The molecule has 0 unspecified atom stereocenters. The second-order valence-corrected chi connectivity index (χ2v) is 6.83. The highest BCUT2D eigenvalue weighted by Crippen LogP contribution is 2.22. The van der Waals surface area contributed by atoms with Crippen LogP contribution in [0.25, 0.3) is 0 Å². The van der Waals surface area contributed by atoms with Gasteiger partial charge in [0.2, 0.25) is 0 Å². The maximum absolute atomic E-state index is 12.0. The van der Waals surface area contributed by atoms with Crippen molar-refractivity contribution in [3.05, 3.63) is 66.8 Å². The lowest BCUT2D eigenvalue weighted by atomic mass is 10.2. The number of hydrogen-bond donors (Lipinski definition) is 2. The van der Waals surface area contributed by atoms with Gasteiger partial charge in [0.15, 0.2) is 5.76 Å². The molecule has 2 N–H and O–H groups in total. The molecule has 28 heavy (non-hydrogen) atoms. The molecule has 7 nitrogen and oxygen atoms in total. The smallest absolute Gasteiger partial charge is 0.291 e. The van der Waals surface area contributed by atoms with E-state index in [0.717, 1.165) is 31.9 Å². The van der Waals surface area contributed by atoms with Gasteiger partial charge in [0.05, 0.1) is 18.1 Å². The molecule has 1 aliphatic rings. The van der Waals surface area contributed by atoms with Crippen LogP contribution in [-0.4, -0.2) is 49.0 Å². The van der Waals surface area contributed by atoms with E-state index in [9.17, 15) is 4.79 Å². The van der Waals surface area contributed by atoms with Gasteiger partial charge in [0, 0.05) is 37.6 Å². The first-order chi connectivity index (χ1) is 13.7. The van der Waals surface area contributed by atoms with E-state index in [4.69, 9.17) is 4.42 Å². The molecule has 1 fully saturated rings.